The van der Waals surface area contributed by atoms with Crippen LogP contribution in [-0.2, 0) is 12.8 Å². The van der Waals surface area contributed by atoms with Crippen LogP contribution in [0.2, 0.25) is 0 Å². The predicted octanol–water partition coefficient (Wildman–Crippen LogP) is 7.71. The number of aryl methyl sites for hydroxylation is 2. The lowest BCUT2D eigenvalue weighted by Crippen LogP contribution is -1.87. The van der Waals surface area contributed by atoms with Crippen molar-refractivity contribution in [3.8, 4) is 11.8 Å². The first-order valence-corrected chi connectivity index (χ1v) is 10.9. The minimum absolute atomic E-state index is 1.08. The maximum atomic E-state index is 3.33. The molecule has 3 aromatic carbocycles. The van der Waals surface area contributed by atoms with Crippen molar-refractivity contribution in [1.29, 1.82) is 0 Å². The van der Waals surface area contributed by atoms with Gasteiger partial charge in [0.25, 0.3) is 0 Å². The molecule has 0 atom stereocenters. The van der Waals surface area contributed by atoms with Gasteiger partial charge in [0.2, 0.25) is 0 Å². The highest BCUT2D eigenvalue weighted by molar-refractivity contribution is 5.84. The molecule has 3 aromatic rings. The van der Waals surface area contributed by atoms with Crippen LogP contribution < -0.4 is 0 Å². The fraction of sp³-hybridized carbons (Fsp3) is 0.357. The largest absolute Gasteiger partial charge is 0.0654 e. The quantitative estimate of drug-likeness (QED) is 0.282. The maximum Gasteiger partial charge on any atom is 0.0255 e. The first-order valence-electron chi connectivity index (χ1n) is 10.9. The Balaban J connectivity index is 1.67. The highest BCUT2D eigenvalue weighted by atomic mass is 14.0. The van der Waals surface area contributed by atoms with Gasteiger partial charge in [-0.25, -0.2) is 0 Å². The smallest absolute Gasteiger partial charge is 0.0255 e. The van der Waals surface area contributed by atoms with Crippen LogP contribution in [-0.4, -0.2) is 0 Å². The average molecular weight is 369 g/mol. The Morgan fingerprint density at radius 2 is 1.14 bits per heavy atom. The van der Waals surface area contributed by atoms with Crippen LogP contribution in [0, 0.1) is 11.8 Å². The first kappa shape index (κ1) is 20.2. The molecule has 0 heteroatoms. The summed E-state index contributed by atoms with van der Waals surface area (Å²) >= 11 is 0. The minimum Gasteiger partial charge on any atom is -0.0654 e. The number of hydrogen-bond acceptors (Lipinski definition) is 0. The number of fused-ring (bicyclic) bond motifs is 1. The number of hydrogen-bond donors (Lipinski definition) is 0. The van der Waals surface area contributed by atoms with E-state index in [1.165, 1.54) is 66.8 Å². The van der Waals surface area contributed by atoms with E-state index in [1.807, 2.05) is 0 Å². The molecule has 0 aromatic heterocycles. The molecule has 0 aliphatic rings. The van der Waals surface area contributed by atoms with Gasteiger partial charge in [-0.15, -0.1) is 0 Å². The third-order valence-corrected chi connectivity index (χ3v) is 5.35. The average Bonchev–Trinajstić information content (AvgIpc) is 2.74. The Kier molecular flexibility index (Phi) is 7.74. The summed E-state index contributed by atoms with van der Waals surface area (Å²) in [6.07, 6.45) is 10.1. The fourth-order valence-corrected chi connectivity index (χ4v) is 3.56. The maximum absolute atomic E-state index is 3.33. The molecule has 0 heterocycles. The molecule has 0 aliphatic heterocycles. The van der Waals surface area contributed by atoms with E-state index >= 15 is 0 Å². The number of rotatable bonds is 8. The molecule has 0 aliphatic carbocycles. The van der Waals surface area contributed by atoms with E-state index in [9.17, 15) is 0 Å². The third-order valence-electron chi connectivity index (χ3n) is 5.35. The number of unbranched alkanes of at least 4 members (excludes halogenated alkanes) is 4. The highest BCUT2D eigenvalue weighted by Crippen LogP contribution is 2.19. The van der Waals surface area contributed by atoms with E-state index in [0.717, 1.165) is 17.5 Å². The predicted molar refractivity (Wildman–Crippen MR) is 123 cm³/mol. The summed E-state index contributed by atoms with van der Waals surface area (Å²) in [4.78, 5) is 0. The second-order valence-corrected chi connectivity index (χ2v) is 7.76. The van der Waals surface area contributed by atoms with Crippen LogP contribution in [0.15, 0.2) is 60.7 Å². The second-order valence-electron chi connectivity index (χ2n) is 7.76. The lowest BCUT2D eigenvalue weighted by atomic mass is 10.0. The summed E-state index contributed by atoms with van der Waals surface area (Å²) in [6.45, 7) is 4.50. The Hall–Kier alpha value is -2.52. The van der Waals surface area contributed by atoms with Crippen LogP contribution in [0.1, 0.15) is 74.6 Å². The van der Waals surface area contributed by atoms with E-state index in [-0.39, 0.29) is 0 Å². The Morgan fingerprint density at radius 1 is 0.536 bits per heavy atom. The second kappa shape index (κ2) is 10.7. The fourth-order valence-electron chi connectivity index (χ4n) is 3.56. The molecule has 0 bridgehead atoms. The Labute approximate surface area is 171 Å². The molecule has 0 amide bonds. The van der Waals surface area contributed by atoms with E-state index < -0.39 is 0 Å². The summed E-state index contributed by atoms with van der Waals surface area (Å²) in [5.74, 6) is 6.64. The van der Waals surface area contributed by atoms with Crippen LogP contribution >= 0.6 is 0 Å². The number of benzene rings is 3. The van der Waals surface area contributed by atoms with Gasteiger partial charge in [-0.3, -0.25) is 0 Å². The van der Waals surface area contributed by atoms with Gasteiger partial charge in [0.05, 0.1) is 0 Å². The van der Waals surface area contributed by atoms with Crippen molar-refractivity contribution in [2.45, 2.75) is 65.2 Å². The van der Waals surface area contributed by atoms with Crippen LogP contribution in [0.25, 0.3) is 10.8 Å². The van der Waals surface area contributed by atoms with Crippen LogP contribution in [0.5, 0.6) is 0 Å². The molecule has 0 radical (unpaired) electrons. The van der Waals surface area contributed by atoms with E-state index in [4.69, 9.17) is 0 Å². The normalized spacial score (nSPS) is 10.6. The molecule has 0 fully saturated rings. The monoisotopic (exact) mass is 368 g/mol. The zero-order chi connectivity index (χ0) is 19.6. The topological polar surface area (TPSA) is 0 Å². The molecule has 0 N–H and O–H groups in total. The van der Waals surface area contributed by atoms with Gasteiger partial charge < -0.3 is 0 Å². The Bertz CT molecular complexity index is 935. The third kappa shape index (κ3) is 6.00. The SMILES string of the molecule is CCCCCCc1ccc2cc(C#Cc3ccc(CCCC)cc3)ccc2c1. The standard InChI is InChI=1S/C28H32/c1-3-5-7-8-10-25-17-19-28-22-26(18-20-27(28)21-25)16-15-24-13-11-23(12-14-24)9-6-4-2/h11-14,17-22H,3-10H2,1-2H3. The molecule has 0 nitrogen and oxygen atoms in total. The van der Waals surface area contributed by atoms with Crippen molar-refractivity contribution in [2.75, 3.05) is 0 Å². The van der Waals surface area contributed by atoms with Gasteiger partial charge in [-0.2, -0.15) is 0 Å². The van der Waals surface area contributed by atoms with Gasteiger partial charge >= 0.3 is 0 Å². The van der Waals surface area contributed by atoms with Crippen molar-refractivity contribution in [2.24, 2.45) is 0 Å². The molecule has 3 rings (SSSR count). The lowest BCUT2D eigenvalue weighted by Gasteiger charge is -2.04. The zero-order valence-corrected chi connectivity index (χ0v) is 17.4. The van der Waals surface area contributed by atoms with E-state index in [2.05, 4.69) is 86.4 Å². The zero-order valence-electron chi connectivity index (χ0n) is 17.4. The van der Waals surface area contributed by atoms with Gasteiger partial charge in [-0.05, 0) is 71.8 Å². The summed E-state index contributed by atoms with van der Waals surface area (Å²) < 4.78 is 0. The van der Waals surface area contributed by atoms with E-state index in [1.54, 1.807) is 0 Å². The molecular formula is C28H32. The molecule has 144 valence electrons. The summed E-state index contributed by atoms with van der Waals surface area (Å²) in [7, 11) is 0. The molecule has 0 saturated heterocycles. The van der Waals surface area contributed by atoms with Gasteiger partial charge in [-0.1, -0.05) is 87.8 Å². The van der Waals surface area contributed by atoms with Crippen LogP contribution in [0.4, 0.5) is 0 Å². The van der Waals surface area contributed by atoms with Crippen molar-refractivity contribution in [3.05, 3.63) is 82.9 Å². The van der Waals surface area contributed by atoms with Crippen molar-refractivity contribution < 1.29 is 0 Å². The van der Waals surface area contributed by atoms with Crippen LogP contribution in [0.3, 0.4) is 0 Å². The van der Waals surface area contributed by atoms with E-state index in [0.29, 0.717) is 0 Å². The lowest BCUT2D eigenvalue weighted by molar-refractivity contribution is 0.667. The summed E-state index contributed by atoms with van der Waals surface area (Å²) in [6, 6.07) is 22.1. The Morgan fingerprint density at radius 3 is 1.93 bits per heavy atom. The minimum atomic E-state index is 1.08. The molecular weight excluding hydrogens is 336 g/mol. The first-order chi connectivity index (χ1) is 13.8. The van der Waals surface area contributed by atoms with Gasteiger partial charge in [0.1, 0.15) is 0 Å². The summed E-state index contributed by atoms with van der Waals surface area (Å²) in [5, 5.41) is 2.60. The molecule has 0 unspecified atom stereocenters. The molecule has 0 spiro atoms. The van der Waals surface area contributed by atoms with Crippen molar-refractivity contribution in [1.82, 2.24) is 0 Å². The molecule has 0 saturated carbocycles. The van der Waals surface area contributed by atoms with Gasteiger partial charge in [0, 0.05) is 11.1 Å². The summed E-state index contributed by atoms with van der Waals surface area (Å²) in [5.41, 5.74) is 5.02. The van der Waals surface area contributed by atoms with Crippen molar-refractivity contribution >= 4 is 10.8 Å². The molecule has 28 heavy (non-hydrogen) atoms. The van der Waals surface area contributed by atoms with Crippen molar-refractivity contribution in [3.63, 3.8) is 0 Å². The highest BCUT2D eigenvalue weighted by Gasteiger charge is 1.99. The van der Waals surface area contributed by atoms with Gasteiger partial charge in [0.15, 0.2) is 0 Å².